The van der Waals surface area contributed by atoms with E-state index in [1.807, 2.05) is 13.8 Å². The molecule has 1 N–H and O–H groups in total. The van der Waals surface area contributed by atoms with Crippen molar-refractivity contribution in [3.8, 4) is 0 Å². The van der Waals surface area contributed by atoms with Gasteiger partial charge in [-0.15, -0.1) is 0 Å². The lowest BCUT2D eigenvalue weighted by Crippen LogP contribution is -2.53. The van der Waals surface area contributed by atoms with Gasteiger partial charge in [0.2, 0.25) is 0 Å². The molecule has 1 saturated heterocycles. The Labute approximate surface area is 130 Å². The maximum Gasteiger partial charge on any atom is 0.347 e. The summed E-state index contributed by atoms with van der Waals surface area (Å²) < 4.78 is 0. The highest BCUT2D eigenvalue weighted by atomic mass is 32.1. The number of hydrogen-bond acceptors (Lipinski definition) is 5. The van der Waals surface area contributed by atoms with Crippen LogP contribution < -0.4 is 4.90 Å². The summed E-state index contributed by atoms with van der Waals surface area (Å²) in [4.78, 5) is 21.0. The number of nitrogens with zero attached hydrogens (tertiary/aromatic N) is 3. The number of thiazole rings is 1. The highest BCUT2D eigenvalue weighted by Gasteiger charge is 2.28. The highest BCUT2D eigenvalue weighted by Crippen LogP contribution is 2.31. The van der Waals surface area contributed by atoms with Crippen LogP contribution in [0.1, 0.15) is 55.9 Å². The third-order valence-electron chi connectivity index (χ3n) is 3.88. The topological polar surface area (TPSA) is 56.7 Å². The number of piperazine rings is 1. The predicted octanol–water partition coefficient (Wildman–Crippen LogP) is 2.89. The van der Waals surface area contributed by atoms with Crippen molar-refractivity contribution < 1.29 is 9.90 Å². The lowest BCUT2D eigenvalue weighted by molar-refractivity contribution is 0.0700. The first-order chi connectivity index (χ1) is 9.70. The van der Waals surface area contributed by atoms with Crippen molar-refractivity contribution in [2.24, 2.45) is 0 Å². The van der Waals surface area contributed by atoms with Crippen molar-refractivity contribution in [1.29, 1.82) is 0 Å². The van der Waals surface area contributed by atoms with E-state index in [1.54, 1.807) is 0 Å². The van der Waals surface area contributed by atoms with Crippen LogP contribution in [0.25, 0.3) is 0 Å². The van der Waals surface area contributed by atoms with Crippen LogP contribution in [0.4, 0.5) is 5.13 Å². The zero-order valence-electron chi connectivity index (χ0n) is 13.5. The first-order valence-electron chi connectivity index (χ1n) is 7.44. The Balaban J connectivity index is 2.14. The molecular formula is C15H25N3O2S. The van der Waals surface area contributed by atoms with Crippen LogP contribution >= 0.6 is 11.3 Å². The molecule has 1 aliphatic rings. The number of rotatable bonds is 3. The standard InChI is InChI=1S/C15H25N3O2S/c1-10(2)11-12(13(19)20)21-14(16-11)17-6-8-18(9-7-17)15(3,4)5/h10H,6-9H2,1-5H3,(H,19,20). The fraction of sp³-hybridized carbons (Fsp3) is 0.733. The third-order valence-corrected chi connectivity index (χ3v) is 5.00. The molecule has 0 amide bonds. The van der Waals surface area contributed by atoms with Crippen molar-refractivity contribution in [2.75, 3.05) is 31.1 Å². The van der Waals surface area contributed by atoms with Gasteiger partial charge in [-0.3, -0.25) is 4.90 Å². The van der Waals surface area contributed by atoms with Crippen LogP contribution in [0.5, 0.6) is 0 Å². The van der Waals surface area contributed by atoms with Gasteiger partial charge in [0.05, 0.1) is 5.69 Å². The van der Waals surface area contributed by atoms with Crippen LogP contribution in [-0.2, 0) is 0 Å². The second kappa shape index (κ2) is 5.93. The van der Waals surface area contributed by atoms with Gasteiger partial charge < -0.3 is 10.0 Å². The van der Waals surface area contributed by atoms with E-state index in [4.69, 9.17) is 0 Å². The van der Waals surface area contributed by atoms with Crippen LogP contribution in [0.2, 0.25) is 0 Å². The third kappa shape index (κ3) is 3.55. The molecule has 0 spiro atoms. The molecular weight excluding hydrogens is 286 g/mol. The maximum absolute atomic E-state index is 11.3. The summed E-state index contributed by atoms with van der Waals surface area (Å²) in [7, 11) is 0. The van der Waals surface area contributed by atoms with E-state index in [1.165, 1.54) is 11.3 Å². The molecule has 118 valence electrons. The molecule has 0 saturated carbocycles. The molecule has 2 rings (SSSR count). The second-order valence-electron chi connectivity index (χ2n) is 6.82. The summed E-state index contributed by atoms with van der Waals surface area (Å²) in [5, 5.41) is 10.2. The van der Waals surface area contributed by atoms with Gasteiger partial charge in [0, 0.05) is 31.7 Å². The predicted molar refractivity (Wildman–Crippen MR) is 86.7 cm³/mol. The number of hydrogen-bond donors (Lipinski definition) is 1. The molecule has 2 heterocycles. The van der Waals surface area contributed by atoms with Crippen molar-refractivity contribution in [3.63, 3.8) is 0 Å². The van der Waals surface area contributed by atoms with E-state index < -0.39 is 5.97 Å². The molecule has 0 aromatic carbocycles. The fourth-order valence-electron chi connectivity index (χ4n) is 2.57. The van der Waals surface area contributed by atoms with E-state index in [-0.39, 0.29) is 11.5 Å². The van der Waals surface area contributed by atoms with E-state index in [0.29, 0.717) is 10.6 Å². The molecule has 1 aliphatic heterocycles. The maximum atomic E-state index is 11.3. The number of aromatic nitrogens is 1. The Bertz CT molecular complexity index is 511. The molecule has 21 heavy (non-hydrogen) atoms. The normalized spacial score (nSPS) is 17.5. The minimum atomic E-state index is -0.865. The molecule has 6 heteroatoms. The van der Waals surface area contributed by atoms with Gasteiger partial charge in [0.25, 0.3) is 0 Å². The van der Waals surface area contributed by atoms with Gasteiger partial charge in [0.1, 0.15) is 4.88 Å². The Morgan fingerprint density at radius 3 is 2.19 bits per heavy atom. The lowest BCUT2D eigenvalue weighted by Gasteiger charge is -2.42. The summed E-state index contributed by atoms with van der Waals surface area (Å²) >= 11 is 1.31. The lowest BCUT2D eigenvalue weighted by atomic mass is 10.1. The Kier molecular flexibility index (Phi) is 4.58. The van der Waals surface area contributed by atoms with Gasteiger partial charge in [-0.25, -0.2) is 9.78 Å². The minimum absolute atomic E-state index is 0.136. The number of carboxylic acid groups (broad SMARTS) is 1. The second-order valence-corrected chi connectivity index (χ2v) is 7.79. The zero-order chi connectivity index (χ0) is 15.8. The van der Waals surface area contributed by atoms with Crippen LogP contribution in [0.3, 0.4) is 0 Å². The molecule has 5 nitrogen and oxygen atoms in total. The van der Waals surface area contributed by atoms with Gasteiger partial charge in [0.15, 0.2) is 5.13 Å². The summed E-state index contributed by atoms with van der Waals surface area (Å²) in [5.74, 6) is -0.729. The quantitative estimate of drug-likeness (QED) is 0.930. The molecule has 1 fully saturated rings. The average Bonchev–Trinajstić information content (AvgIpc) is 2.83. The molecule has 1 aromatic heterocycles. The monoisotopic (exact) mass is 311 g/mol. The summed E-state index contributed by atoms with van der Waals surface area (Å²) in [6.07, 6.45) is 0. The highest BCUT2D eigenvalue weighted by molar-refractivity contribution is 7.17. The number of anilines is 1. The SMILES string of the molecule is CC(C)c1nc(N2CCN(C(C)(C)C)CC2)sc1C(=O)O. The molecule has 1 aromatic rings. The van der Waals surface area contributed by atoms with Crippen LogP contribution in [-0.4, -0.2) is 52.7 Å². The average molecular weight is 311 g/mol. The first kappa shape index (κ1) is 16.2. The number of aromatic carboxylic acids is 1. The largest absolute Gasteiger partial charge is 0.477 e. The van der Waals surface area contributed by atoms with E-state index in [9.17, 15) is 9.90 Å². The van der Waals surface area contributed by atoms with E-state index in [2.05, 4.69) is 35.6 Å². The molecule has 0 bridgehead atoms. The van der Waals surface area contributed by atoms with Gasteiger partial charge in [-0.05, 0) is 26.7 Å². The number of carboxylic acids is 1. The van der Waals surface area contributed by atoms with E-state index >= 15 is 0 Å². The summed E-state index contributed by atoms with van der Waals surface area (Å²) in [6, 6.07) is 0. The smallest absolute Gasteiger partial charge is 0.347 e. The van der Waals surface area contributed by atoms with Gasteiger partial charge >= 0.3 is 5.97 Å². The van der Waals surface area contributed by atoms with Crippen molar-refractivity contribution in [1.82, 2.24) is 9.88 Å². The molecule has 0 atom stereocenters. The Morgan fingerprint density at radius 2 is 1.81 bits per heavy atom. The Morgan fingerprint density at radius 1 is 1.24 bits per heavy atom. The summed E-state index contributed by atoms with van der Waals surface area (Å²) in [5.41, 5.74) is 0.894. The van der Waals surface area contributed by atoms with Gasteiger partial charge in [-0.1, -0.05) is 25.2 Å². The van der Waals surface area contributed by atoms with Crippen LogP contribution in [0, 0.1) is 0 Å². The van der Waals surface area contributed by atoms with E-state index in [0.717, 1.165) is 31.3 Å². The first-order valence-corrected chi connectivity index (χ1v) is 8.26. The van der Waals surface area contributed by atoms with Gasteiger partial charge in [-0.2, -0.15) is 0 Å². The number of carbonyl (C=O) groups is 1. The Hall–Kier alpha value is -1.14. The fourth-order valence-corrected chi connectivity index (χ4v) is 3.68. The van der Waals surface area contributed by atoms with Crippen molar-refractivity contribution >= 4 is 22.4 Å². The van der Waals surface area contributed by atoms with Crippen molar-refractivity contribution in [2.45, 2.75) is 46.1 Å². The molecule has 0 radical (unpaired) electrons. The van der Waals surface area contributed by atoms with Crippen molar-refractivity contribution in [3.05, 3.63) is 10.6 Å². The molecule has 0 aliphatic carbocycles. The van der Waals surface area contributed by atoms with Crippen LogP contribution in [0.15, 0.2) is 0 Å². The summed E-state index contributed by atoms with van der Waals surface area (Å²) in [6.45, 7) is 14.4. The zero-order valence-corrected chi connectivity index (χ0v) is 14.3. The molecule has 0 unspecified atom stereocenters. The minimum Gasteiger partial charge on any atom is -0.477 e.